The van der Waals surface area contributed by atoms with Crippen molar-refractivity contribution in [2.45, 2.75) is 40.0 Å². The zero-order valence-electron chi connectivity index (χ0n) is 9.42. The second kappa shape index (κ2) is 2.43. The summed E-state index contributed by atoms with van der Waals surface area (Å²) in [5.74, 6) is 4.26. The lowest BCUT2D eigenvalue weighted by Gasteiger charge is -2.56. The summed E-state index contributed by atoms with van der Waals surface area (Å²) in [6, 6.07) is 0. The smallest absolute Gasteiger partial charge is 0.137 e. The molecule has 5 atom stereocenters. The molecule has 78 valence electrons. The van der Waals surface area contributed by atoms with E-state index in [1.54, 1.807) is 0 Å². The highest BCUT2D eigenvalue weighted by Crippen LogP contribution is 2.65. The standard InChI is InChI=1S/C13H20O/c1-7-8-4-5-9-12(8)11(7)10(14)6-13(9,2)3/h7-9,11-12H,4-6H2,1-3H3/t7-,8+,9+,11+,12-/m1/s1. The predicted molar refractivity (Wildman–Crippen MR) is 55.8 cm³/mol. The molecule has 0 radical (unpaired) electrons. The highest BCUT2D eigenvalue weighted by molar-refractivity contribution is 5.84. The molecular formula is C13H20O. The van der Waals surface area contributed by atoms with Crippen molar-refractivity contribution in [2.75, 3.05) is 0 Å². The van der Waals surface area contributed by atoms with Crippen LogP contribution >= 0.6 is 0 Å². The monoisotopic (exact) mass is 192 g/mol. The molecule has 0 saturated heterocycles. The minimum absolute atomic E-state index is 0.299. The van der Waals surface area contributed by atoms with E-state index in [2.05, 4.69) is 20.8 Å². The lowest BCUT2D eigenvalue weighted by molar-refractivity contribution is -0.153. The summed E-state index contributed by atoms with van der Waals surface area (Å²) in [5, 5.41) is 0. The van der Waals surface area contributed by atoms with Crippen LogP contribution in [0.15, 0.2) is 0 Å². The minimum Gasteiger partial charge on any atom is -0.299 e. The van der Waals surface area contributed by atoms with Gasteiger partial charge < -0.3 is 0 Å². The molecule has 0 heterocycles. The molecule has 0 bridgehead atoms. The van der Waals surface area contributed by atoms with Gasteiger partial charge in [0.05, 0.1) is 0 Å². The normalized spacial score (nSPS) is 53.9. The van der Waals surface area contributed by atoms with Crippen molar-refractivity contribution < 1.29 is 4.79 Å². The Morgan fingerprint density at radius 1 is 1.29 bits per heavy atom. The quantitative estimate of drug-likeness (QED) is 0.577. The number of ketones is 1. The van der Waals surface area contributed by atoms with Crippen LogP contribution in [0, 0.1) is 35.0 Å². The Kier molecular flexibility index (Phi) is 1.55. The SMILES string of the molecule is C[C@@H]1[C@@H]2CC[C@H]3[C@@H]2[C@@H]1C(=O)CC3(C)C. The molecule has 0 unspecified atom stereocenters. The zero-order chi connectivity index (χ0) is 10.1. The maximum absolute atomic E-state index is 12.0. The third-order valence-electron chi connectivity index (χ3n) is 5.43. The second-order valence-corrected chi connectivity index (χ2v) is 6.44. The number of carbonyl (C=O) groups excluding carboxylic acids is 1. The van der Waals surface area contributed by atoms with Crippen molar-refractivity contribution in [3.05, 3.63) is 0 Å². The summed E-state index contributed by atoms with van der Waals surface area (Å²) in [6.07, 6.45) is 3.62. The van der Waals surface area contributed by atoms with Crippen molar-refractivity contribution in [3.63, 3.8) is 0 Å². The molecule has 3 aliphatic rings. The fourth-order valence-electron chi connectivity index (χ4n) is 4.77. The Morgan fingerprint density at radius 3 is 2.71 bits per heavy atom. The van der Waals surface area contributed by atoms with Crippen molar-refractivity contribution in [3.8, 4) is 0 Å². The number of hydrogen-bond acceptors (Lipinski definition) is 1. The molecule has 0 aromatic rings. The first kappa shape index (κ1) is 8.94. The fourth-order valence-corrected chi connectivity index (χ4v) is 4.77. The van der Waals surface area contributed by atoms with E-state index in [1.165, 1.54) is 12.8 Å². The Balaban J connectivity index is 1.97. The molecule has 0 spiro atoms. The maximum atomic E-state index is 12.0. The van der Waals surface area contributed by atoms with Gasteiger partial charge in [0.2, 0.25) is 0 Å². The number of rotatable bonds is 0. The Hall–Kier alpha value is -0.330. The third-order valence-corrected chi connectivity index (χ3v) is 5.43. The van der Waals surface area contributed by atoms with E-state index in [0.717, 1.165) is 24.2 Å². The zero-order valence-corrected chi connectivity index (χ0v) is 9.42. The van der Waals surface area contributed by atoms with Gasteiger partial charge in [0.15, 0.2) is 0 Å². The lowest BCUT2D eigenvalue weighted by Crippen LogP contribution is -2.55. The van der Waals surface area contributed by atoms with E-state index in [4.69, 9.17) is 0 Å². The number of hydrogen-bond donors (Lipinski definition) is 0. The molecule has 1 heteroatoms. The van der Waals surface area contributed by atoms with Crippen molar-refractivity contribution >= 4 is 5.78 Å². The van der Waals surface area contributed by atoms with Gasteiger partial charge in [-0.15, -0.1) is 0 Å². The molecule has 0 aromatic carbocycles. The van der Waals surface area contributed by atoms with Gasteiger partial charge in [0.1, 0.15) is 5.78 Å². The molecule has 3 saturated carbocycles. The first-order chi connectivity index (χ1) is 6.52. The number of carbonyl (C=O) groups is 1. The highest BCUT2D eigenvalue weighted by atomic mass is 16.1. The second-order valence-electron chi connectivity index (χ2n) is 6.44. The van der Waals surface area contributed by atoms with Gasteiger partial charge >= 0.3 is 0 Å². The van der Waals surface area contributed by atoms with Crippen LogP contribution in [0.2, 0.25) is 0 Å². The highest BCUT2D eigenvalue weighted by Gasteiger charge is 2.63. The topological polar surface area (TPSA) is 17.1 Å². The number of Topliss-reactive ketones (excluding diaryl/α,β-unsaturated/α-hetero) is 1. The largest absolute Gasteiger partial charge is 0.299 e. The fraction of sp³-hybridized carbons (Fsp3) is 0.923. The van der Waals surface area contributed by atoms with E-state index in [1.807, 2.05) is 0 Å². The van der Waals surface area contributed by atoms with Gasteiger partial charge in [-0.3, -0.25) is 4.79 Å². The van der Waals surface area contributed by atoms with E-state index in [-0.39, 0.29) is 0 Å². The van der Waals surface area contributed by atoms with Gasteiger partial charge in [-0.1, -0.05) is 20.8 Å². The van der Waals surface area contributed by atoms with Gasteiger partial charge in [-0.05, 0) is 41.9 Å². The van der Waals surface area contributed by atoms with Gasteiger partial charge in [-0.2, -0.15) is 0 Å². The Morgan fingerprint density at radius 2 is 2.00 bits per heavy atom. The predicted octanol–water partition coefficient (Wildman–Crippen LogP) is 2.89. The van der Waals surface area contributed by atoms with Gasteiger partial charge in [0.25, 0.3) is 0 Å². The molecular weight excluding hydrogens is 172 g/mol. The summed E-state index contributed by atoms with van der Waals surface area (Å²) in [6.45, 7) is 6.90. The Bertz CT molecular complexity index is 292. The van der Waals surface area contributed by atoms with E-state index in [9.17, 15) is 4.79 Å². The third kappa shape index (κ3) is 0.844. The summed E-state index contributed by atoms with van der Waals surface area (Å²) >= 11 is 0. The molecule has 14 heavy (non-hydrogen) atoms. The first-order valence-electron chi connectivity index (χ1n) is 6.05. The lowest BCUT2D eigenvalue weighted by atomic mass is 9.47. The van der Waals surface area contributed by atoms with Crippen LogP contribution in [0.3, 0.4) is 0 Å². The molecule has 0 amide bonds. The van der Waals surface area contributed by atoms with E-state index >= 15 is 0 Å². The van der Waals surface area contributed by atoms with Crippen molar-refractivity contribution in [2.24, 2.45) is 35.0 Å². The van der Waals surface area contributed by atoms with E-state index in [0.29, 0.717) is 23.0 Å². The molecule has 3 fully saturated rings. The summed E-state index contributed by atoms with van der Waals surface area (Å²) < 4.78 is 0. The van der Waals surface area contributed by atoms with Crippen molar-refractivity contribution in [1.82, 2.24) is 0 Å². The van der Waals surface area contributed by atoms with Crippen LogP contribution in [0.5, 0.6) is 0 Å². The molecule has 0 aromatic heterocycles. The van der Waals surface area contributed by atoms with Gasteiger partial charge in [-0.25, -0.2) is 0 Å². The minimum atomic E-state index is 0.299. The van der Waals surface area contributed by atoms with Crippen LogP contribution < -0.4 is 0 Å². The molecule has 0 aliphatic heterocycles. The Labute approximate surface area is 86.3 Å². The van der Waals surface area contributed by atoms with Crippen LogP contribution in [0.1, 0.15) is 40.0 Å². The van der Waals surface area contributed by atoms with Gasteiger partial charge in [0, 0.05) is 12.3 Å². The molecule has 0 N–H and O–H groups in total. The van der Waals surface area contributed by atoms with Crippen LogP contribution in [-0.4, -0.2) is 5.78 Å². The van der Waals surface area contributed by atoms with E-state index < -0.39 is 0 Å². The summed E-state index contributed by atoms with van der Waals surface area (Å²) in [7, 11) is 0. The molecule has 1 nitrogen and oxygen atoms in total. The summed E-state index contributed by atoms with van der Waals surface area (Å²) in [4.78, 5) is 12.0. The molecule has 3 rings (SSSR count). The van der Waals surface area contributed by atoms with Crippen molar-refractivity contribution in [1.29, 1.82) is 0 Å². The van der Waals surface area contributed by atoms with Crippen LogP contribution in [-0.2, 0) is 4.79 Å². The first-order valence-corrected chi connectivity index (χ1v) is 6.05. The van der Waals surface area contributed by atoms with Crippen LogP contribution in [0.4, 0.5) is 0 Å². The average molecular weight is 192 g/mol. The van der Waals surface area contributed by atoms with Crippen LogP contribution in [0.25, 0.3) is 0 Å². The molecule has 3 aliphatic carbocycles. The average Bonchev–Trinajstić information content (AvgIpc) is 2.43. The summed E-state index contributed by atoms with van der Waals surface area (Å²) in [5.41, 5.74) is 0.299. The maximum Gasteiger partial charge on any atom is 0.137 e.